The highest BCUT2D eigenvalue weighted by Crippen LogP contribution is 2.15. The van der Waals surface area contributed by atoms with Crippen LogP contribution in [0.1, 0.15) is 0 Å². The lowest BCUT2D eigenvalue weighted by atomic mass is 10.2. The molecule has 2 nitrogen and oxygen atoms in total. The summed E-state index contributed by atoms with van der Waals surface area (Å²) in [6, 6.07) is 0. The summed E-state index contributed by atoms with van der Waals surface area (Å²) in [5.41, 5.74) is 0. The number of hydrogen-bond donors (Lipinski definition) is 0. The van der Waals surface area contributed by atoms with Crippen LogP contribution in [0.3, 0.4) is 0 Å². The van der Waals surface area contributed by atoms with Gasteiger partial charge in [0, 0.05) is 19.6 Å². The maximum atomic E-state index is 9.75. The highest BCUT2D eigenvalue weighted by atomic mass is 19.5. The van der Waals surface area contributed by atoms with E-state index in [0.29, 0.717) is 0 Å². The molecule has 0 aromatic carbocycles. The summed E-state index contributed by atoms with van der Waals surface area (Å²) >= 11 is 0. The molecule has 3 fully saturated rings. The maximum absolute atomic E-state index is 9.75. The number of halogens is 4. The molecule has 84 valence electrons. The van der Waals surface area contributed by atoms with Crippen molar-refractivity contribution in [2.24, 2.45) is 0 Å². The van der Waals surface area contributed by atoms with Gasteiger partial charge in [-0.15, -0.1) is 0 Å². The molecule has 3 heterocycles. The van der Waals surface area contributed by atoms with Crippen LogP contribution in [0.25, 0.3) is 0 Å². The number of rotatable bonds is 0. The van der Waals surface area contributed by atoms with Crippen molar-refractivity contribution in [1.82, 2.24) is 4.90 Å². The molecule has 0 atom stereocenters. The van der Waals surface area contributed by atoms with Gasteiger partial charge >= 0.3 is 7.25 Å². The zero-order valence-corrected chi connectivity index (χ0v) is 8.23. The maximum Gasteiger partial charge on any atom is 0.673 e. The predicted octanol–water partition coefficient (Wildman–Crippen LogP) is 1.06. The smallest absolute Gasteiger partial charge is 0.418 e. The summed E-state index contributed by atoms with van der Waals surface area (Å²) in [6.45, 7) is 8.20. The first-order valence-corrected chi connectivity index (χ1v) is 4.72. The number of hydrogen-bond acceptors (Lipinski definition) is 1. The standard InChI is InChI=1S/C7H15N2.BF4/c1-9-5-2-8(3-6-9)4-7-9;2-1(3,4)5/h2-7H2,1H3;/q+1;-1. The van der Waals surface area contributed by atoms with Crippen molar-refractivity contribution in [2.45, 2.75) is 0 Å². The van der Waals surface area contributed by atoms with Gasteiger partial charge in [-0.3, -0.25) is 4.90 Å². The quantitative estimate of drug-likeness (QED) is 0.331. The molecule has 0 aromatic rings. The van der Waals surface area contributed by atoms with Crippen LogP contribution in [0.2, 0.25) is 0 Å². The predicted molar refractivity (Wildman–Crippen MR) is 47.4 cm³/mol. The van der Waals surface area contributed by atoms with E-state index < -0.39 is 7.25 Å². The zero-order chi connectivity index (χ0) is 10.8. The van der Waals surface area contributed by atoms with Gasteiger partial charge in [-0.05, 0) is 0 Å². The highest BCUT2D eigenvalue weighted by Gasteiger charge is 2.34. The van der Waals surface area contributed by atoms with E-state index in [0.717, 1.165) is 0 Å². The fourth-order valence-corrected chi connectivity index (χ4v) is 1.82. The second kappa shape index (κ2) is 4.06. The number of fused-ring (bicyclic) bond motifs is 3. The molecular weight excluding hydrogens is 199 g/mol. The van der Waals surface area contributed by atoms with Gasteiger partial charge in [0.2, 0.25) is 0 Å². The monoisotopic (exact) mass is 214 g/mol. The molecule has 0 aliphatic carbocycles. The van der Waals surface area contributed by atoms with Crippen LogP contribution < -0.4 is 0 Å². The fourth-order valence-electron chi connectivity index (χ4n) is 1.82. The molecule has 0 unspecified atom stereocenters. The van der Waals surface area contributed by atoms with Crippen molar-refractivity contribution >= 4 is 7.25 Å². The Kier molecular flexibility index (Phi) is 3.42. The molecule has 0 amide bonds. The Morgan fingerprint density at radius 3 is 1.36 bits per heavy atom. The third kappa shape index (κ3) is 4.28. The van der Waals surface area contributed by atoms with Crippen LogP contribution in [0.4, 0.5) is 17.3 Å². The van der Waals surface area contributed by atoms with E-state index in [-0.39, 0.29) is 0 Å². The molecule has 2 bridgehead atoms. The lowest BCUT2D eigenvalue weighted by Crippen LogP contribution is -2.65. The first kappa shape index (κ1) is 11.8. The van der Waals surface area contributed by atoms with Gasteiger partial charge in [0.25, 0.3) is 0 Å². The van der Waals surface area contributed by atoms with Crippen LogP contribution in [0.5, 0.6) is 0 Å². The SMILES string of the molecule is C[N+]12CCN(CC1)CC2.F[B-](F)(F)F. The van der Waals surface area contributed by atoms with Gasteiger partial charge in [0.05, 0.1) is 26.7 Å². The molecule has 0 spiro atoms. The van der Waals surface area contributed by atoms with E-state index in [1.54, 1.807) is 0 Å². The Balaban J connectivity index is 0.000000171. The summed E-state index contributed by atoms with van der Waals surface area (Å²) in [7, 11) is -3.61. The van der Waals surface area contributed by atoms with E-state index in [1.165, 1.54) is 43.8 Å². The molecule has 0 N–H and O–H groups in total. The molecule has 0 aromatic heterocycles. The third-order valence-corrected chi connectivity index (χ3v) is 2.87. The summed E-state index contributed by atoms with van der Waals surface area (Å²) in [6.07, 6.45) is 0. The van der Waals surface area contributed by atoms with Gasteiger partial charge in [-0.1, -0.05) is 0 Å². The first-order chi connectivity index (χ1) is 6.29. The van der Waals surface area contributed by atoms with E-state index in [1.807, 2.05) is 0 Å². The van der Waals surface area contributed by atoms with Crippen LogP contribution in [-0.2, 0) is 0 Å². The van der Waals surface area contributed by atoms with Crippen molar-refractivity contribution in [1.29, 1.82) is 0 Å². The summed E-state index contributed by atoms with van der Waals surface area (Å²) in [4.78, 5) is 2.57. The number of piperazine rings is 3. The van der Waals surface area contributed by atoms with Gasteiger partial charge in [0.15, 0.2) is 0 Å². The molecule has 3 aliphatic heterocycles. The van der Waals surface area contributed by atoms with E-state index >= 15 is 0 Å². The van der Waals surface area contributed by atoms with Gasteiger partial charge in [-0.2, -0.15) is 0 Å². The minimum absolute atomic E-state index is 1.34. The normalized spacial score (nSPS) is 36.2. The lowest BCUT2D eigenvalue weighted by molar-refractivity contribution is -0.922. The van der Waals surface area contributed by atoms with Crippen molar-refractivity contribution in [2.75, 3.05) is 46.3 Å². The second-order valence-electron chi connectivity index (χ2n) is 4.13. The van der Waals surface area contributed by atoms with Crippen molar-refractivity contribution < 1.29 is 21.7 Å². The number of quaternary nitrogens is 1. The Morgan fingerprint density at radius 2 is 1.21 bits per heavy atom. The van der Waals surface area contributed by atoms with Gasteiger partial charge < -0.3 is 21.7 Å². The summed E-state index contributed by atoms with van der Waals surface area (Å²) in [5.74, 6) is 0. The molecule has 0 radical (unpaired) electrons. The molecule has 0 saturated carbocycles. The second-order valence-corrected chi connectivity index (χ2v) is 4.13. The Bertz CT molecular complexity index is 169. The number of nitrogens with zero attached hydrogens (tertiary/aromatic N) is 2. The largest absolute Gasteiger partial charge is 0.673 e. The van der Waals surface area contributed by atoms with E-state index in [4.69, 9.17) is 0 Å². The van der Waals surface area contributed by atoms with Crippen molar-refractivity contribution in [3.8, 4) is 0 Å². The van der Waals surface area contributed by atoms with Crippen LogP contribution in [0.15, 0.2) is 0 Å². The topological polar surface area (TPSA) is 3.24 Å². The zero-order valence-electron chi connectivity index (χ0n) is 8.23. The Morgan fingerprint density at radius 1 is 0.929 bits per heavy atom. The minimum atomic E-state index is -6.00. The molecule has 3 saturated heterocycles. The molecule has 3 rings (SSSR count). The molecule has 14 heavy (non-hydrogen) atoms. The summed E-state index contributed by atoms with van der Waals surface area (Å²) in [5, 5.41) is 0. The molecular formula is C7H15BF4N2. The molecule has 7 heteroatoms. The minimum Gasteiger partial charge on any atom is -0.418 e. The van der Waals surface area contributed by atoms with Crippen molar-refractivity contribution in [3.05, 3.63) is 0 Å². The lowest BCUT2D eigenvalue weighted by Gasteiger charge is -2.48. The van der Waals surface area contributed by atoms with Crippen LogP contribution in [-0.4, -0.2) is 63.0 Å². The fraction of sp³-hybridized carbons (Fsp3) is 1.00. The van der Waals surface area contributed by atoms with Crippen LogP contribution in [0, 0.1) is 0 Å². The van der Waals surface area contributed by atoms with Gasteiger partial charge in [0.1, 0.15) is 0 Å². The molecule has 3 aliphatic rings. The van der Waals surface area contributed by atoms with E-state index in [2.05, 4.69) is 11.9 Å². The van der Waals surface area contributed by atoms with E-state index in [9.17, 15) is 17.3 Å². The number of likely N-dealkylation sites (N-methyl/N-ethyl adjacent to an activating group) is 1. The third-order valence-electron chi connectivity index (χ3n) is 2.87. The first-order valence-electron chi connectivity index (χ1n) is 4.72. The Hall–Kier alpha value is -0.295. The Labute approximate surface area is 81.2 Å². The highest BCUT2D eigenvalue weighted by molar-refractivity contribution is 6.50. The van der Waals surface area contributed by atoms with Crippen LogP contribution >= 0.6 is 0 Å². The van der Waals surface area contributed by atoms with Crippen molar-refractivity contribution in [3.63, 3.8) is 0 Å². The summed E-state index contributed by atoms with van der Waals surface area (Å²) < 4.78 is 40.3. The van der Waals surface area contributed by atoms with Gasteiger partial charge in [-0.25, -0.2) is 0 Å². The average molecular weight is 214 g/mol. The average Bonchev–Trinajstić information content (AvgIpc) is 2.02.